The number of primary amides is 1. The second kappa shape index (κ2) is 7.48. The molecule has 2 fully saturated rings. The Hall–Kier alpha value is -2.36. The molecule has 1 aromatic rings. The molecule has 0 spiro atoms. The van der Waals surface area contributed by atoms with E-state index in [1.165, 1.54) is 6.07 Å². The molecule has 2 unspecified atom stereocenters. The van der Waals surface area contributed by atoms with Crippen LogP contribution in [0.2, 0.25) is 0 Å². The second-order valence-corrected chi connectivity index (χ2v) is 7.18. The molecule has 0 bridgehead atoms. The van der Waals surface area contributed by atoms with E-state index >= 15 is 0 Å². The van der Waals surface area contributed by atoms with Gasteiger partial charge in [0, 0.05) is 5.92 Å². The van der Waals surface area contributed by atoms with Crippen LogP contribution in [0.25, 0.3) is 0 Å². The molecule has 3 rings (SSSR count). The van der Waals surface area contributed by atoms with E-state index in [-0.39, 0.29) is 17.4 Å². The van der Waals surface area contributed by atoms with Gasteiger partial charge in [-0.25, -0.2) is 0 Å². The fourth-order valence-electron chi connectivity index (χ4n) is 3.55. The first-order chi connectivity index (χ1) is 12.4. The molecule has 1 amide bonds. The Morgan fingerprint density at radius 1 is 1.35 bits per heavy atom. The Morgan fingerprint density at radius 3 is 2.73 bits per heavy atom. The summed E-state index contributed by atoms with van der Waals surface area (Å²) in [5, 5.41) is 9.83. The van der Waals surface area contributed by atoms with Gasteiger partial charge in [0.25, 0.3) is 0 Å². The van der Waals surface area contributed by atoms with Crippen LogP contribution in [-0.4, -0.2) is 19.1 Å². The van der Waals surface area contributed by atoms with Gasteiger partial charge in [0.1, 0.15) is 0 Å². The van der Waals surface area contributed by atoms with Gasteiger partial charge in [0.2, 0.25) is 5.91 Å². The molecule has 2 saturated carbocycles. The Kier molecular flexibility index (Phi) is 5.30. The smallest absolute Gasteiger partial charge is 0.387 e. The van der Waals surface area contributed by atoms with Gasteiger partial charge < -0.3 is 15.2 Å². The van der Waals surface area contributed by atoms with E-state index in [0.29, 0.717) is 43.8 Å². The standard InChI is InChI=1S/C19H22F2N2O3/c20-18(21)26-15-6-5-14(8-16(15)25-10-12-3-4-12)19(11-22)7-1-2-13(9-19)17(23)24/h5-6,8,12-13,18H,1-4,7,9-10H2,(H2,23,24). The molecule has 2 N–H and O–H groups in total. The third kappa shape index (κ3) is 4.06. The van der Waals surface area contributed by atoms with Gasteiger partial charge >= 0.3 is 6.61 Å². The lowest BCUT2D eigenvalue weighted by atomic mass is 9.66. The predicted octanol–water partition coefficient (Wildman–Crippen LogP) is 3.51. The van der Waals surface area contributed by atoms with Crippen LogP contribution in [0.3, 0.4) is 0 Å². The summed E-state index contributed by atoms with van der Waals surface area (Å²) in [6.07, 6.45) is 4.41. The number of amides is 1. The van der Waals surface area contributed by atoms with Crippen molar-refractivity contribution in [2.75, 3.05) is 6.61 Å². The first-order valence-electron chi connectivity index (χ1n) is 8.86. The molecule has 140 valence electrons. The minimum absolute atomic E-state index is 0.0419. The van der Waals surface area contributed by atoms with E-state index in [9.17, 15) is 18.8 Å². The number of carbonyl (C=O) groups excluding carboxylic acids is 1. The number of nitrogens with zero attached hydrogens (tertiary/aromatic N) is 1. The van der Waals surface area contributed by atoms with Gasteiger partial charge in [-0.1, -0.05) is 12.5 Å². The molecule has 2 aliphatic rings. The Morgan fingerprint density at radius 2 is 2.12 bits per heavy atom. The topological polar surface area (TPSA) is 85.3 Å². The van der Waals surface area contributed by atoms with Crippen molar-refractivity contribution >= 4 is 5.91 Å². The zero-order valence-electron chi connectivity index (χ0n) is 14.4. The Balaban J connectivity index is 1.90. The number of nitriles is 1. The first-order valence-corrected chi connectivity index (χ1v) is 8.86. The highest BCUT2D eigenvalue weighted by atomic mass is 19.3. The maximum absolute atomic E-state index is 12.7. The summed E-state index contributed by atoms with van der Waals surface area (Å²) in [6.45, 7) is -2.52. The third-order valence-electron chi connectivity index (χ3n) is 5.25. The van der Waals surface area contributed by atoms with Crippen LogP contribution >= 0.6 is 0 Å². The zero-order chi connectivity index (χ0) is 18.7. The molecule has 5 nitrogen and oxygen atoms in total. The van der Waals surface area contributed by atoms with E-state index in [1.54, 1.807) is 12.1 Å². The molecular formula is C19H22F2N2O3. The highest BCUT2D eigenvalue weighted by molar-refractivity contribution is 5.77. The van der Waals surface area contributed by atoms with Crippen LogP contribution in [0.4, 0.5) is 8.78 Å². The summed E-state index contributed by atoms with van der Waals surface area (Å²) >= 11 is 0. The van der Waals surface area contributed by atoms with Gasteiger partial charge in [-0.15, -0.1) is 0 Å². The molecule has 1 aromatic carbocycles. The fraction of sp³-hybridized carbons (Fsp3) is 0.579. The van der Waals surface area contributed by atoms with Crippen molar-refractivity contribution in [2.45, 2.75) is 50.6 Å². The van der Waals surface area contributed by atoms with E-state index in [2.05, 4.69) is 10.8 Å². The number of hydrogen-bond acceptors (Lipinski definition) is 4. The highest BCUT2D eigenvalue weighted by Crippen LogP contribution is 2.44. The van der Waals surface area contributed by atoms with Crippen LogP contribution in [0, 0.1) is 23.2 Å². The van der Waals surface area contributed by atoms with Crippen LogP contribution in [0.1, 0.15) is 44.1 Å². The van der Waals surface area contributed by atoms with E-state index < -0.39 is 17.9 Å². The van der Waals surface area contributed by atoms with Crippen LogP contribution < -0.4 is 15.2 Å². The Labute approximate surface area is 151 Å². The van der Waals surface area contributed by atoms with Crippen molar-refractivity contribution in [3.05, 3.63) is 23.8 Å². The number of nitrogens with two attached hydrogens (primary N) is 1. The van der Waals surface area contributed by atoms with E-state index in [0.717, 1.165) is 12.8 Å². The van der Waals surface area contributed by atoms with Crippen molar-refractivity contribution in [3.63, 3.8) is 0 Å². The van der Waals surface area contributed by atoms with Crippen LogP contribution in [-0.2, 0) is 10.2 Å². The molecule has 0 aromatic heterocycles. The maximum Gasteiger partial charge on any atom is 0.387 e. The summed E-state index contributed by atoms with van der Waals surface area (Å²) in [5.74, 6) is -0.161. The summed E-state index contributed by atoms with van der Waals surface area (Å²) < 4.78 is 35.6. The lowest BCUT2D eigenvalue weighted by Gasteiger charge is -2.35. The number of benzene rings is 1. The number of halogens is 2. The molecule has 7 heteroatoms. The van der Waals surface area contributed by atoms with Gasteiger partial charge in [-0.2, -0.15) is 14.0 Å². The molecule has 0 radical (unpaired) electrons. The normalized spacial score (nSPS) is 25.5. The number of rotatable bonds is 7. The minimum atomic E-state index is -2.96. The number of ether oxygens (including phenoxy) is 2. The molecular weight excluding hydrogens is 342 g/mol. The van der Waals surface area contributed by atoms with Gasteiger partial charge in [0.15, 0.2) is 11.5 Å². The van der Waals surface area contributed by atoms with E-state index in [1.807, 2.05) is 0 Å². The van der Waals surface area contributed by atoms with Gasteiger partial charge in [-0.3, -0.25) is 4.79 Å². The van der Waals surface area contributed by atoms with Crippen molar-refractivity contribution in [3.8, 4) is 17.6 Å². The van der Waals surface area contributed by atoms with Gasteiger partial charge in [0.05, 0.1) is 18.1 Å². The summed E-state index contributed by atoms with van der Waals surface area (Å²) in [7, 11) is 0. The lowest BCUT2D eigenvalue weighted by molar-refractivity contribution is -0.123. The number of alkyl halides is 2. The fourth-order valence-corrected chi connectivity index (χ4v) is 3.55. The molecule has 0 saturated heterocycles. The predicted molar refractivity (Wildman–Crippen MR) is 89.7 cm³/mol. The molecule has 0 heterocycles. The van der Waals surface area contributed by atoms with Gasteiger partial charge in [-0.05, 0) is 55.7 Å². The SMILES string of the molecule is N#CC1(c2ccc(OC(F)F)c(OCC3CC3)c2)CCCC(C(N)=O)C1. The molecule has 0 aliphatic heterocycles. The minimum Gasteiger partial charge on any atom is -0.489 e. The number of carbonyl (C=O) groups is 1. The zero-order valence-corrected chi connectivity index (χ0v) is 14.4. The van der Waals surface area contributed by atoms with Crippen molar-refractivity contribution in [1.29, 1.82) is 5.26 Å². The second-order valence-electron chi connectivity index (χ2n) is 7.18. The van der Waals surface area contributed by atoms with E-state index in [4.69, 9.17) is 10.5 Å². The number of hydrogen-bond donors (Lipinski definition) is 1. The maximum atomic E-state index is 12.7. The summed E-state index contributed by atoms with van der Waals surface area (Å²) in [5.41, 5.74) is 5.22. The molecule has 26 heavy (non-hydrogen) atoms. The largest absolute Gasteiger partial charge is 0.489 e. The van der Waals surface area contributed by atoms with Crippen molar-refractivity contribution in [2.24, 2.45) is 17.6 Å². The Bertz CT molecular complexity index is 715. The summed E-state index contributed by atoms with van der Waals surface area (Å²) in [6, 6.07) is 6.95. The average molecular weight is 364 g/mol. The average Bonchev–Trinajstić information content (AvgIpc) is 3.44. The van der Waals surface area contributed by atoms with Crippen LogP contribution in [0.5, 0.6) is 11.5 Å². The first kappa shape index (κ1) is 18.4. The van der Waals surface area contributed by atoms with Crippen molar-refractivity contribution in [1.82, 2.24) is 0 Å². The van der Waals surface area contributed by atoms with Crippen LogP contribution in [0.15, 0.2) is 18.2 Å². The molecule has 2 atom stereocenters. The molecule has 2 aliphatic carbocycles. The quantitative estimate of drug-likeness (QED) is 0.802. The lowest BCUT2D eigenvalue weighted by Crippen LogP contribution is -2.37. The summed E-state index contributed by atoms with van der Waals surface area (Å²) in [4.78, 5) is 11.6. The highest BCUT2D eigenvalue weighted by Gasteiger charge is 2.40. The third-order valence-corrected chi connectivity index (χ3v) is 5.25. The van der Waals surface area contributed by atoms with Crippen molar-refractivity contribution < 1.29 is 23.0 Å². The monoisotopic (exact) mass is 364 g/mol.